The number of hydrogen-bond acceptors (Lipinski definition) is 4. The third-order valence-corrected chi connectivity index (χ3v) is 6.30. The van der Waals surface area contributed by atoms with E-state index in [0.717, 1.165) is 5.56 Å². The largest absolute Gasteiger partial charge is 0.366 e. The van der Waals surface area contributed by atoms with Gasteiger partial charge in [-0.2, -0.15) is 5.26 Å². The van der Waals surface area contributed by atoms with Crippen molar-refractivity contribution in [2.45, 2.75) is 25.0 Å². The van der Waals surface area contributed by atoms with Gasteiger partial charge in [0.25, 0.3) is 0 Å². The molecule has 2 aromatic rings. The van der Waals surface area contributed by atoms with E-state index in [1.165, 1.54) is 28.8 Å². The van der Waals surface area contributed by atoms with E-state index in [2.05, 4.69) is 6.07 Å². The molecular formula is C21H17FN2O2S. The average Bonchev–Trinajstić information content (AvgIpc) is 3.01. The number of aryl methyl sites for hydroxylation is 1. The molecule has 0 aromatic heterocycles. The highest BCUT2D eigenvalue weighted by Crippen LogP contribution is 2.51. The second-order valence-electron chi connectivity index (χ2n) is 6.84. The summed E-state index contributed by atoms with van der Waals surface area (Å²) in [6.45, 7) is 1.95. The molecule has 4 nitrogen and oxygen atoms in total. The number of amides is 1. The van der Waals surface area contributed by atoms with Crippen molar-refractivity contribution in [1.29, 1.82) is 5.26 Å². The van der Waals surface area contributed by atoms with Crippen LogP contribution in [0.3, 0.4) is 0 Å². The van der Waals surface area contributed by atoms with Gasteiger partial charge in [0.15, 0.2) is 5.72 Å². The molecule has 1 saturated heterocycles. The second-order valence-corrected chi connectivity index (χ2v) is 7.81. The monoisotopic (exact) mass is 380 g/mol. The standard InChI is InChI=1S/C21H17FN2O2S/c1-13-5-7-15(8-6-13)21(26)12-27-20-18(11-23)17(10-19(25)24(20)21)14-3-2-4-16(22)9-14/h2-9,17,26H,10,12H2,1H3. The van der Waals surface area contributed by atoms with Gasteiger partial charge < -0.3 is 5.11 Å². The molecule has 1 amide bonds. The molecule has 27 heavy (non-hydrogen) atoms. The Morgan fingerprint density at radius 1 is 1.30 bits per heavy atom. The van der Waals surface area contributed by atoms with E-state index < -0.39 is 17.5 Å². The van der Waals surface area contributed by atoms with Gasteiger partial charge in [0.1, 0.15) is 5.82 Å². The van der Waals surface area contributed by atoms with E-state index in [-0.39, 0.29) is 18.1 Å². The number of benzene rings is 2. The number of carbonyl (C=O) groups is 1. The zero-order chi connectivity index (χ0) is 19.2. The first-order chi connectivity index (χ1) is 12.9. The number of aliphatic hydroxyl groups is 1. The number of thioether (sulfide) groups is 1. The van der Waals surface area contributed by atoms with Gasteiger partial charge in [-0.25, -0.2) is 4.39 Å². The van der Waals surface area contributed by atoms with E-state index >= 15 is 0 Å². The summed E-state index contributed by atoms with van der Waals surface area (Å²) in [6, 6.07) is 15.6. The van der Waals surface area contributed by atoms with Crippen molar-refractivity contribution < 1.29 is 14.3 Å². The molecule has 0 bridgehead atoms. The molecule has 2 atom stereocenters. The Labute approximate surface area is 160 Å². The Morgan fingerprint density at radius 2 is 2.04 bits per heavy atom. The number of halogens is 1. The fourth-order valence-corrected chi connectivity index (χ4v) is 5.03. The Morgan fingerprint density at radius 3 is 2.70 bits per heavy atom. The molecule has 2 aliphatic rings. The SMILES string of the molecule is Cc1ccc(C2(O)CSC3=C(C#N)C(c4cccc(F)c4)CC(=O)N32)cc1. The second kappa shape index (κ2) is 6.52. The smallest absolute Gasteiger partial charge is 0.231 e. The van der Waals surface area contributed by atoms with Gasteiger partial charge in [0, 0.05) is 17.9 Å². The van der Waals surface area contributed by atoms with Crippen molar-refractivity contribution >= 4 is 17.7 Å². The number of hydrogen-bond donors (Lipinski definition) is 1. The van der Waals surface area contributed by atoms with Crippen LogP contribution in [0, 0.1) is 24.1 Å². The Hall–Kier alpha value is -2.62. The van der Waals surface area contributed by atoms with Gasteiger partial charge >= 0.3 is 0 Å². The molecule has 6 heteroatoms. The minimum absolute atomic E-state index is 0.0184. The molecule has 0 saturated carbocycles. The summed E-state index contributed by atoms with van der Waals surface area (Å²) in [4.78, 5) is 14.3. The molecular weight excluding hydrogens is 363 g/mol. The van der Waals surface area contributed by atoms with Gasteiger partial charge in [-0.3, -0.25) is 9.69 Å². The number of nitrogens with zero attached hydrogens (tertiary/aromatic N) is 2. The molecule has 4 rings (SSSR count). The zero-order valence-electron chi connectivity index (χ0n) is 14.6. The quantitative estimate of drug-likeness (QED) is 0.861. The lowest BCUT2D eigenvalue weighted by Gasteiger charge is -2.38. The van der Waals surface area contributed by atoms with Crippen molar-refractivity contribution in [2.24, 2.45) is 0 Å². The van der Waals surface area contributed by atoms with Crippen LogP contribution in [0.25, 0.3) is 0 Å². The number of allylic oxidation sites excluding steroid dienone is 1. The molecule has 2 heterocycles. The minimum Gasteiger partial charge on any atom is -0.366 e. The fourth-order valence-electron chi connectivity index (χ4n) is 3.67. The average molecular weight is 380 g/mol. The van der Waals surface area contributed by atoms with Crippen LogP contribution >= 0.6 is 11.8 Å². The molecule has 2 aliphatic heterocycles. The van der Waals surface area contributed by atoms with Crippen LogP contribution in [0.15, 0.2) is 59.1 Å². The van der Waals surface area contributed by atoms with Crippen molar-refractivity contribution in [3.63, 3.8) is 0 Å². The molecule has 0 aliphatic carbocycles. The van der Waals surface area contributed by atoms with Gasteiger partial charge in [0.2, 0.25) is 5.91 Å². The van der Waals surface area contributed by atoms with Gasteiger partial charge in [-0.15, -0.1) is 11.8 Å². The first-order valence-corrected chi connectivity index (χ1v) is 9.57. The summed E-state index contributed by atoms with van der Waals surface area (Å²) in [6.07, 6.45) is 0.0184. The van der Waals surface area contributed by atoms with E-state index in [1.807, 2.05) is 19.1 Å². The van der Waals surface area contributed by atoms with Crippen LogP contribution in [-0.4, -0.2) is 21.7 Å². The summed E-state index contributed by atoms with van der Waals surface area (Å²) < 4.78 is 13.7. The highest BCUT2D eigenvalue weighted by atomic mass is 32.2. The number of carbonyl (C=O) groups excluding carboxylic acids is 1. The molecule has 2 unspecified atom stereocenters. The number of rotatable bonds is 2. The van der Waals surface area contributed by atoms with Crippen LogP contribution in [0.2, 0.25) is 0 Å². The summed E-state index contributed by atoms with van der Waals surface area (Å²) in [7, 11) is 0. The Bertz CT molecular complexity index is 996. The highest BCUT2D eigenvalue weighted by molar-refractivity contribution is 8.03. The predicted molar refractivity (Wildman–Crippen MR) is 101 cm³/mol. The molecule has 1 N–H and O–H groups in total. The molecule has 1 fully saturated rings. The van der Waals surface area contributed by atoms with Gasteiger partial charge in [-0.1, -0.05) is 42.0 Å². The van der Waals surface area contributed by atoms with Crippen molar-refractivity contribution in [1.82, 2.24) is 4.90 Å². The maximum atomic E-state index is 13.7. The topological polar surface area (TPSA) is 64.3 Å². The van der Waals surface area contributed by atoms with E-state index in [1.54, 1.807) is 24.3 Å². The lowest BCUT2D eigenvalue weighted by Crippen LogP contribution is -2.48. The van der Waals surface area contributed by atoms with Crippen LogP contribution in [-0.2, 0) is 10.5 Å². The van der Waals surface area contributed by atoms with E-state index in [9.17, 15) is 19.6 Å². The highest BCUT2D eigenvalue weighted by Gasteiger charge is 2.51. The van der Waals surface area contributed by atoms with Crippen molar-refractivity contribution in [3.05, 3.63) is 81.6 Å². The van der Waals surface area contributed by atoms with Gasteiger partial charge in [0.05, 0.1) is 22.4 Å². The lowest BCUT2D eigenvalue weighted by atomic mass is 9.85. The Balaban J connectivity index is 1.81. The summed E-state index contributed by atoms with van der Waals surface area (Å²) in [5.41, 5.74) is 1.18. The summed E-state index contributed by atoms with van der Waals surface area (Å²) in [5.74, 6) is -0.929. The molecule has 0 radical (unpaired) electrons. The van der Waals surface area contributed by atoms with Gasteiger partial charge in [-0.05, 0) is 24.6 Å². The normalized spacial score (nSPS) is 24.7. The van der Waals surface area contributed by atoms with Crippen molar-refractivity contribution in [3.8, 4) is 6.07 Å². The lowest BCUT2D eigenvalue weighted by molar-refractivity contribution is -0.149. The predicted octanol–water partition coefficient (Wildman–Crippen LogP) is 3.78. The van der Waals surface area contributed by atoms with Crippen LogP contribution in [0.5, 0.6) is 0 Å². The number of nitriles is 1. The first-order valence-electron chi connectivity index (χ1n) is 8.59. The van der Waals surface area contributed by atoms with Crippen LogP contribution in [0.4, 0.5) is 4.39 Å². The summed E-state index contributed by atoms with van der Waals surface area (Å²) in [5, 5.41) is 21.5. The van der Waals surface area contributed by atoms with E-state index in [4.69, 9.17) is 0 Å². The molecule has 0 spiro atoms. The maximum absolute atomic E-state index is 13.7. The minimum atomic E-state index is -1.49. The maximum Gasteiger partial charge on any atom is 0.231 e. The van der Waals surface area contributed by atoms with Crippen molar-refractivity contribution in [2.75, 3.05) is 5.75 Å². The molecule has 2 aromatic carbocycles. The van der Waals surface area contributed by atoms with Crippen LogP contribution in [0.1, 0.15) is 29.0 Å². The van der Waals surface area contributed by atoms with E-state index in [0.29, 0.717) is 21.7 Å². The fraction of sp³-hybridized carbons (Fsp3) is 0.238. The molecule has 136 valence electrons. The third kappa shape index (κ3) is 2.84. The van der Waals surface area contributed by atoms with Crippen LogP contribution < -0.4 is 0 Å². The Kier molecular flexibility index (Phi) is 4.29. The zero-order valence-corrected chi connectivity index (χ0v) is 15.5. The third-order valence-electron chi connectivity index (χ3n) is 5.08. The number of fused-ring (bicyclic) bond motifs is 1. The first kappa shape index (κ1) is 17.8. The summed E-state index contributed by atoms with van der Waals surface area (Å²) >= 11 is 1.29.